The van der Waals surface area contributed by atoms with Crippen LogP contribution >= 0.6 is 0 Å². The summed E-state index contributed by atoms with van der Waals surface area (Å²) in [6, 6.07) is 8.11. The highest BCUT2D eigenvalue weighted by molar-refractivity contribution is 5.76. The number of phenols is 2. The van der Waals surface area contributed by atoms with Gasteiger partial charge in [-0.25, -0.2) is 0 Å². The maximum absolute atomic E-state index is 12.3. The van der Waals surface area contributed by atoms with Crippen molar-refractivity contribution in [2.45, 2.75) is 117 Å². The van der Waals surface area contributed by atoms with E-state index in [9.17, 15) is 15.0 Å². The molecule has 0 fully saturated rings. The third kappa shape index (κ3) is 6.39. The SMILES string of the molecule is CC(C)(C)c1cc(C(CC(N)=O)c2cc(C(C)(C)C)c(O)c(C(C)(C)C)c2)cc(C(C)(C)C)c1O. The van der Waals surface area contributed by atoms with Gasteiger partial charge in [-0.3, -0.25) is 4.79 Å². The minimum Gasteiger partial charge on any atom is -0.507 e. The van der Waals surface area contributed by atoms with Crippen LogP contribution in [0, 0.1) is 0 Å². The summed E-state index contributed by atoms with van der Waals surface area (Å²) in [6.07, 6.45) is 0.135. The van der Waals surface area contributed by atoms with Gasteiger partial charge < -0.3 is 15.9 Å². The first-order valence-electron chi connectivity index (χ1n) is 12.6. The fourth-order valence-electron chi connectivity index (χ4n) is 4.63. The first-order valence-corrected chi connectivity index (χ1v) is 12.6. The van der Waals surface area contributed by atoms with Gasteiger partial charge in [-0.15, -0.1) is 0 Å². The molecule has 4 heteroatoms. The lowest BCUT2D eigenvalue weighted by atomic mass is 9.73. The van der Waals surface area contributed by atoms with E-state index in [1.807, 2.05) is 24.3 Å². The Bertz CT molecular complexity index is 948. The topological polar surface area (TPSA) is 83.6 Å². The van der Waals surface area contributed by atoms with Crippen molar-refractivity contribution < 1.29 is 15.0 Å². The molecular formula is C31H47NO3. The molecule has 0 saturated carbocycles. The van der Waals surface area contributed by atoms with Crippen LogP contribution in [-0.4, -0.2) is 16.1 Å². The van der Waals surface area contributed by atoms with E-state index in [0.29, 0.717) is 11.5 Å². The van der Waals surface area contributed by atoms with Gasteiger partial charge in [0.05, 0.1) is 0 Å². The summed E-state index contributed by atoms with van der Waals surface area (Å²) in [4.78, 5) is 12.3. The van der Waals surface area contributed by atoms with Crippen LogP contribution in [0.4, 0.5) is 0 Å². The van der Waals surface area contributed by atoms with Crippen molar-refractivity contribution in [1.82, 2.24) is 0 Å². The summed E-state index contributed by atoms with van der Waals surface area (Å²) < 4.78 is 0. The van der Waals surface area contributed by atoms with Crippen molar-refractivity contribution >= 4 is 5.91 Å². The minimum atomic E-state index is -0.389. The third-order valence-corrected chi connectivity index (χ3v) is 6.71. The predicted molar refractivity (Wildman–Crippen MR) is 147 cm³/mol. The number of nitrogens with two attached hydrogens (primary N) is 1. The van der Waals surface area contributed by atoms with E-state index in [1.165, 1.54) is 0 Å². The standard InChI is InChI=1S/C31H47NO3/c1-28(2,3)21-13-18(14-22(26(21)34)29(4,5)6)20(17-25(32)33)19-15-23(30(7,8)9)27(35)24(16-19)31(10,11)12/h13-16,20,34-35H,17H2,1-12H3,(H2,32,33). The van der Waals surface area contributed by atoms with Gasteiger partial charge in [0.2, 0.25) is 5.91 Å². The molecular weight excluding hydrogens is 434 g/mol. The molecule has 0 aromatic heterocycles. The van der Waals surface area contributed by atoms with Gasteiger partial charge in [0, 0.05) is 12.3 Å². The molecule has 35 heavy (non-hydrogen) atoms. The Morgan fingerprint density at radius 1 is 0.629 bits per heavy atom. The Hall–Kier alpha value is -2.49. The maximum atomic E-state index is 12.3. The third-order valence-electron chi connectivity index (χ3n) is 6.71. The summed E-state index contributed by atoms with van der Waals surface area (Å²) >= 11 is 0. The maximum Gasteiger partial charge on any atom is 0.218 e. The van der Waals surface area contributed by atoms with E-state index in [1.54, 1.807) is 0 Å². The van der Waals surface area contributed by atoms with E-state index in [4.69, 9.17) is 5.73 Å². The molecule has 0 unspecified atom stereocenters. The second-order valence-electron chi connectivity index (χ2n) is 14.2. The fraction of sp³-hybridized carbons (Fsp3) is 0.581. The van der Waals surface area contributed by atoms with E-state index >= 15 is 0 Å². The number of carbonyl (C=O) groups is 1. The lowest BCUT2D eigenvalue weighted by molar-refractivity contribution is -0.118. The largest absolute Gasteiger partial charge is 0.507 e. The molecule has 194 valence electrons. The molecule has 0 radical (unpaired) electrons. The number of rotatable bonds is 4. The Balaban J connectivity index is 3.00. The molecule has 2 rings (SSSR count). The van der Waals surface area contributed by atoms with Gasteiger partial charge in [-0.05, 0) is 55.0 Å². The van der Waals surface area contributed by atoms with Crippen molar-refractivity contribution in [3.63, 3.8) is 0 Å². The van der Waals surface area contributed by atoms with Crippen molar-refractivity contribution in [3.05, 3.63) is 57.6 Å². The van der Waals surface area contributed by atoms with E-state index < -0.39 is 0 Å². The van der Waals surface area contributed by atoms with Gasteiger partial charge in [-0.2, -0.15) is 0 Å². The first-order chi connectivity index (χ1) is 15.5. The quantitative estimate of drug-likeness (QED) is 0.428. The van der Waals surface area contributed by atoms with Crippen LogP contribution in [0.3, 0.4) is 0 Å². The van der Waals surface area contributed by atoms with E-state index in [-0.39, 0.29) is 39.9 Å². The van der Waals surface area contributed by atoms with Gasteiger partial charge in [-0.1, -0.05) is 107 Å². The fourth-order valence-corrected chi connectivity index (χ4v) is 4.63. The molecule has 0 aliphatic heterocycles. The molecule has 0 heterocycles. The van der Waals surface area contributed by atoms with E-state index in [0.717, 1.165) is 33.4 Å². The summed E-state index contributed by atoms with van der Waals surface area (Å²) in [6.45, 7) is 25.0. The lowest BCUT2D eigenvalue weighted by Crippen LogP contribution is -2.22. The minimum absolute atomic E-state index is 0.135. The monoisotopic (exact) mass is 481 g/mol. The number of aromatic hydroxyl groups is 2. The van der Waals surface area contributed by atoms with Crippen LogP contribution in [0.15, 0.2) is 24.3 Å². The van der Waals surface area contributed by atoms with Crippen molar-refractivity contribution in [3.8, 4) is 11.5 Å². The zero-order valence-corrected chi connectivity index (χ0v) is 24.0. The molecule has 2 aromatic carbocycles. The van der Waals surface area contributed by atoms with Gasteiger partial charge >= 0.3 is 0 Å². The normalized spacial score (nSPS) is 13.4. The molecule has 1 amide bonds. The summed E-state index contributed by atoms with van der Waals surface area (Å²) in [5, 5.41) is 22.5. The summed E-state index contributed by atoms with van der Waals surface area (Å²) in [5.41, 5.74) is 9.90. The average molecular weight is 482 g/mol. The van der Waals surface area contributed by atoms with Crippen LogP contribution in [0.2, 0.25) is 0 Å². The number of hydrogen-bond acceptors (Lipinski definition) is 3. The van der Waals surface area contributed by atoms with Crippen LogP contribution in [0.5, 0.6) is 11.5 Å². The van der Waals surface area contributed by atoms with Crippen molar-refractivity contribution in [1.29, 1.82) is 0 Å². The van der Waals surface area contributed by atoms with E-state index in [2.05, 4.69) is 83.1 Å². The smallest absolute Gasteiger partial charge is 0.218 e. The van der Waals surface area contributed by atoms with Crippen molar-refractivity contribution in [2.24, 2.45) is 5.73 Å². The van der Waals surface area contributed by atoms with Crippen LogP contribution in [0.1, 0.15) is 129 Å². The number of hydrogen-bond donors (Lipinski definition) is 3. The number of benzene rings is 2. The Morgan fingerprint density at radius 3 is 1.03 bits per heavy atom. The molecule has 4 nitrogen and oxygen atoms in total. The second kappa shape index (κ2) is 9.19. The number of carbonyl (C=O) groups excluding carboxylic acids is 1. The van der Waals surface area contributed by atoms with Gasteiger partial charge in [0.15, 0.2) is 0 Å². The van der Waals surface area contributed by atoms with Gasteiger partial charge in [0.1, 0.15) is 11.5 Å². The Labute approximate surface area is 213 Å². The summed E-state index contributed by atoms with van der Waals surface area (Å²) in [7, 11) is 0. The molecule has 0 spiro atoms. The van der Waals surface area contributed by atoms with Crippen molar-refractivity contribution in [2.75, 3.05) is 0 Å². The van der Waals surface area contributed by atoms with Crippen LogP contribution < -0.4 is 5.73 Å². The van der Waals surface area contributed by atoms with Crippen LogP contribution in [-0.2, 0) is 26.5 Å². The average Bonchev–Trinajstić information content (AvgIpc) is 2.62. The lowest BCUT2D eigenvalue weighted by Gasteiger charge is -2.32. The molecule has 0 aliphatic carbocycles. The predicted octanol–water partition coefficient (Wildman–Crippen LogP) is 7.30. The summed E-state index contributed by atoms with van der Waals surface area (Å²) in [5.74, 6) is -0.0791. The Morgan fingerprint density at radius 2 is 0.857 bits per heavy atom. The Kier molecular flexibility index (Phi) is 7.54. The second-order valence-corrected chi connectivity index (χ2v) is 14.2. The highest BCUT2D eigenvalue weighted by atomic mass is 16.3. The molecule has 0 aliphatic rings. The highest BCUT2D eigenvalue weighted by Crippen LogP contribution is 2.45. The number of phenolic OH excluding ortho intramolecular Hbond substituents is 2. The highest BCUT2D eigenvalue weighted by Gasteiger charge is 2.32. The number of primary amides is 1. The zero-order chi connectivity index (χ0) is 27.3. The first kappa shape index (κ1) is 28.7. The van der Waals surface area contributed by atoms with Crippen LogP contribution in [0.25, 0.3) is 0 Å². The molecule has 0 atom stereocenters. The molecule has 4 N–H and O–H groups in total. The molecule has 2 aromatic rings. The number of amides is 1. The molecule has 0 bridgehead atoms. The zero-order valence-electron chi connectivity index (χ0n) is 24.0. The molecule has 0 saturated heterocycles. The van der Waals surface area contributed by atoms with Gasteiger partial charge in [0.25, 0.3) is 0 Å².